The van der Waals surface area contributed by atoms with Crippen LogP contribution in [0.1, 0.15) is 19.4 Å². The number of amides is 1. The van der Waals surface area contributed by atoms with Crippen molar-refractivity contribution in [2.24, 2.45) is 5.92 Å². The van der Waals surface area contributed by atoms with Crippen LogP contribution in [0.5, 0.6) is 0 Å². The molecule has 1 aromatic rings. The van der Waals surface area contributed by atoms with Crippen LogP contribution < -0.4 is 0 Å². The summed E-state index contributed by atoms with van der Waals surface area (Å²) in [7, 11) is 0. The number of nitrogens with zero attached hydrogens (tertiary/aromatic N) is 1. The first-order chi connectivity index (χ1) is 10.3. The first kappa shape index (κ1) is 17.0. The Kier molecular flexibility index (Phi) is 5.26. The van der Waals surface area contributed by atoms with E-state index in [1.165, 1.54) is 4.90 Å². The van der Waals surface area contributed by atoms with Crippen molar-refractivity contribution in [2.75, 3.05) is 0 Å². The van der Waals surface area contributed by atoms with Crippen molar-refractivity contribution in [1.29, 1.82) is 0 Å². The SMILES string of the molecule is CC(C)C(C(=O)O)N1C(=O)C(=Cc2ccc(Cl)cc2)SC1=S. The Labute approximate surface area is 143 Å². The van der Waals surface area contributed by atoms with Crippen molar-refractivity contribution in [1.82, 2.24) is 4.90 Å². The lowest BCUT2D eigenvalue weighted by molar-refractivity contribution is -0.146. The number of hydrogen-bond donors (Lipinski definition) is 1. The lowest BCUT2D eigenvalue weighted by atomic mass is 10.0. The van der Waals surface area contributed by atoms with Crippen molar-refractivity contribution < 1.29 is 14.7 Å². The molecule has 4 nitrogen and oxygen atoms in total. The molecule has 0 saturated carbocycles. The fourth-order valence-corrected chi connectivity index (χ4v) is 3.58. The molecule has 0 radical (unpaired) electrons. The highest BCUT2D eigenvalue weighted by atomic mass is 35.5. The topological polar surface area (TPSA) is 57.6 Å². The molecule has 1 fully saturated rings. The highest BCUT2D eigenvalue weighted by molar-refractivity contribution is 8.26. The third kappa shape index (κ3) is 3.51. The molecule has 1 unspecified atom stereocenters. The molecule has 1 amide bonds. The Morgan fingerprint density at radius 3 is 2.45 bits per heavy atom. The zero-order chi connectivity index (χ0) is 16.4. The van der Waals surface area contributed by atoms with E-state index in [4.69, 9.17) is 23.8 Å². The number of carboxylic acids is 1. The molecule has 116 valence electrons. The maximum absolute atomic E-state index is 12.5. The molecule has 0 aromatic heterocycles. The number of hydrogen-bond acceptors (Lipinski definition) is 4. The van der Waals surface area contributed by atoms with Gasteiger partial charge < -0.3 is 5.11 Å². The summed E-state index contributed by atoms with van der Waals surface area (Å²) in [5, 5.41) is 9.96. The van der Waals surface area contributed by atoms with Crippen molar-refractivity contribution >= 4 is 57.9 Å². The minimum atomic E-state index is -1.06. The van der Waals surface area contributed by atoms with Crippen molar-refractivity contribution in [3.05, 3.63) is 39.8 Å². The smallest absolute Gasteiger partial charge is 0.327 e. The number of aliphatic carboxylic acids is 1. The zero-order valence-electron chi connectivity index (χ0n) is 11.9. The first-order valence-corrected chi connectivity index (χ1v) is 8.17. The molecule has 1 N–H and O–H groups in total. The van der Waals surface area contributed by atoms with E-state index in [9.17, 15) is 14.7 Å². The van der Waals surface area contributed by atoms with Gasteiger partial charge >= 0.3 is 5.97 Å². The summed E-state index contributed by atoms with van der Waals surface area (Å²) in [5.41, 5.74) is 0.807. The Balaban J connectivity index is 2.32. The molecule has 0 aliphatic carbocycles. The molecule has 1 atom stereocenters. The predicted molar refractivity (Wildman–Crippen MR) is 92.7 cm³/mol. The highest BCUT2D eigenvalue weighted by Crippen LogP contribution is 2.35. The number of carbonyl (C=O) groups excluding carboxylic acids is 1. The predicted octanol–water partition coefficient (Wildman–Crippen LogP) is 3.65. The quantitative estimate of drug-likeness (QED) is 0.660. The van der Waals surface area contributed by atoms with Gasteiger partial charge in [0.25, 0.3) is 5.91 Å². The Bertz CT molecular complexity index is 655. The second kappa shape index (κ2) is 6.81. The van der Waals surface area contributed by atoms with Crippen LogP contribution in [0, 0.1) is 5.92 Å². The monoisotopic (exact) mass is 355 g/mol. The van der Waals surface area contributed by atoms with Gasteiger partial charge in [0.2, 0.25) is 0 Å². The van der Waals surface area contributed by atoms with Gasteiger partial charge in [-0.3, -0.25) is 9.69 Å². The third-order valence-corrected chi connectivity index (χ3v) is 4.74. The molecular weight excluding hydrogens is 342 g/mol. The fraction of sp³-hybridized carbons (Fsp3) is 0.267. The molecule has 1 saturated heterocycles. The highest BCUT2D eigenvalue weighted by Gasteiger charge is 2.41. The molecule has 1 heterocycles. The average molecular weight is 356 g/mol. The van der Waals surface area contributed by atoms with Crippen LogP contribution in [0.25, 0.3) is 6.08 Å². The first-order valence-electron chi connectivity index (χ1n) is 6.56. The van der Waals surface area contributed by atoms with Crippen molar-refractivity contribution in [3.63, 3.8) is 0 Å². The van der Waals surface area contributed by atoms with Crippen LogP contribution in [0.3, 0.4) is 0 Å². The third-order valence-electron chi connectivity index (χ3n) is 3.15. The van der Waals surface area contributed by atoms with Gasteiger partial charge in [0.05, 0.1) is 4.91 Å². The van der Waals surface area contributed by atoms with E-state index in [1.54, 1.807) is 44.2 Å². The molecular formula is C15H14ClNO3S2. The normalized spacial score (nSPS) is 18.4. The van der Waals surface area contributed by atoms with Crippen molar-refractivity contribution in [2.45, 2.75) is 19.9 Å². The largest absolute Gasteiger partial charge is 0.480 e. The van der Waals surface area contributed by atoms with E-state index in [1.807, 2.05) is 0 Å². The summed E-state index contributed by atoms with van der Waals surface area (Å²) in [4.78, 5) is 25.5. The van der Waals surface area contributed by atoms with Gasteiger partial charge in [-0.05, 0) is 29.7 Å². The molecule has 22 heavy (non-hydrogen) atoms. The number of thioether (sulfide) groups is 1. The van der Waals surface area contributed by atoms with E-state index >= 15 is 0 Å². The number of rotatable bonds is 4. The molecule has 0 bridgehead atoms. The summed E-state index contributed by atoms with van der Waals surface area (Å²) in [5.74, 6) is -1.67. The summed E-state index contributed by atoms with van der Waals surface area (Å²) >= 11 is 12.1. The lowest BCUT2D eigenvalue weighted by Crippen LogP contribution is -2.47. The number of benzene rings is 1. The number of halogens is 1. The summed E-state index contributed by atoms with van der Waals surface area (Å²) in [6.07, 6.45) is 1.69. The van der Waals surface area contributed by atoms with Crippen LogP contribution in [-0.2, 0) is 9.59 Å². The lowest BCUT2D eigenvalue weighted by Gasteiger charge is -2.26. The van der Waals surface area contributed by atoms with E-state index in [-0.39, 0.29) is 16.1 Å². The van der Waals surface area contributed by atoms with E-state index < -0.39 is 12.0 Å². The second-order valence-electron chi connectivity index (χ2n) is 5.13. The van der Waals surface area contributed by atoms with Gasteiger partial charge in [0.15, 0.2) is 0 Å². The fourth-order valence-electron chi connectivity index (χ4n) is 2.12. The Hall–Kier alpha value is -1.37. The van der Waals surface area contributed by atoms with Crippen LogP contribution in [-0.4, -0.2) is 32.2 Å². The van der Waals surface area contributed by atoms with Crippen LogP contribution in [0.15, 0.2) is 29.2 Å². The van der Waals surface area contributed by atoms with Crippen LogP contribution in [0.2, 0.25) is 5.02 Å². The van der Waals surface area contributed by atoms with Crippen LogP contribution in [0.4, 0.5) is 0 Å². The second-order valence-corrected chi connectivity index (χ2v) is 7.24. The van der Waals surface area contributed by atoms with E-state index in [0.717, 1.165) is 17.3 Å². The Morgan fingerprint density at radius 2 is 1.95 bits per heavy atom. The molecule has 1 aliphatic heterocycles. The number of carbonyl (C=O) groups is 2. The molecule has 1 aliphatic rings. The zero-order valence-corrected chi connectivity index (χ0v) is 14.3. The van der Waals surface area contributed by atoms with E-state index in [0.29, 0.717) is 9.93 Å². The number of thiocarbonyl (C=S) groups is 1. The van der Waals surface area contributed by atoms with E-state index in [2.05, 4.69) is 0 Å². The Morgan fingerprint density at radius 1 is 1.36 bits per heavy atom. The van der Waals surface area contributed by atoms with Crippen LogP contribution >= 0.6 is 35.6 Å². The van der Waals surface area contributed by atoms with Gasteiger partial charge in [-0.1, -0.05) is 61.6 Å². The maximum Gasteiger partial charge on any atom is 0.327 e. The average Bonchev–Trinajstić information content (AvgIpc) is 2.69. The van der Waals surface area contributed by atoms with Gasteiger partial charge in [0.1, 0.15) is 10.4 Å². The van der Waals surface area contributed by atoms with Gasteiger partial charge in [-0.2, -0.15) is 0 Å². The van der Waals surface area contributed by atoms with Gasteiger partial charge in [-0.25, -0.2) is 4.79 Å². The van der Waals surface area contributed by atoms with Crippen molar-refractivity contribution in [3.8, 4) is 0 Å². The molecule has 1 aromatic carbocycles. The standard InChI is InChI=1S/C15H14ClNO3S2/c1-8(2)12(14(19)20)17-13(18)11(22-15(17)21)7-9-3-5-10(16)6-4-9/h3-8,12H,1-2H3,(H,19,20). The molecule has 0 spiro atoms. The minimum absolute atomic E-state index is 0.241. The molecule has 7 heteroatoms. The summed E-state index contributed by atoms with van der Waals surface area (Å²) < 4.78 is 0.270. The summed E-state index contributed by atoms with van der Waals surface area (Å²) in [6, 6.07) is 6.06. The minimum Gasteiger partial charge on any atom is -0.480 e. The molecule has 2 rings (SSSR count). The maximum atomic E-state index is 12.5. The van der Waals surface area contributed by atoms with Gasteiger partial charge in [0, 0.05) is 5.02 Å². The number of carboxylic acid groups (broad SMARTS) is 1. The summed E-state index contributed by atoms with van der Waals surface area (Å²) in [6.45, 7) is 3.50. The van der Waals surface area contributed by atoms with Gasteiger partial charge in [-0.15, -0.1) is 0 Å².